The first-order valence-electron chi connectivity index (χ1n) is 17.8. The molecule has 1 aromatic heterocycles. The first-order chi connectivity index (χ1) is 24.7. The van der Waals surface area contributed by atoms with Crippen LogP contribution < -0.4 is 15.1 Å². The van der Waals surface area contributed by atoms with Crippen molar-refractivity contribution in [2.45, 2.75) is 32.6 Å². The highest BCUT2D eigenvalue weighted by molar-refractivity contribution is 6.00. The van der Waals surface area contributed by atoms with Crippen molar-refractivity contribution in [3.63, 3.8) is 0 Å². The van der Waals surface area contributed by atoms with E-state index >= 15 is 0 Å². The average molecular weight is 644 g/mol. The Bertz CT molecular complexity index is 2570. The molecule has 2 heterocycles. The molecule has 0 spiro atoms. The fourth-order valence-corrected chi connectivity index (χ4v) is 7.76. The van der Waals surface area contributed by atoms with Crippen LogP contribution in [0.5, 0.6) is 0 Å². The lowest BCUT2D eigenvalue weighted by Crippen LogP contribution is -2.30. The van der Waals surface area contributed by atoms with Gasteiger partial charge in [-0.15, -0.1) is 0 Å². The molecule has 0 saturated carbocycles. The number of benzene rings is 5. The minimum Gasteiger partial charge on any atom is -0.310 e. The van der Waals surface area contributed by atoms with Gasteiger partial charge in [-0.05, 0) is 95.8 Å². The lowest BCUT2D eigenvalue weighted by Gasteiger charge is -2.14. The highest BCUT2D eigenvalue weighted by atomic mass is 15.0. The van der Waals surface area contributed by atoms with Crippen molar-refractivity contribution in [1.29, 1.82) is 0 Å². The third-order valence-electron chi connectivity index (χ3n) is 10.3. The standard InChI is InChI=1S/C48H39N2/c1-34-31-40(39-27-28-48-45(33-39)44-20-9-11-22-47(44)50(48)41-16-6-3-7-17-41)29-30-49(46-21-10-8-19-43(34)46)42-18-12-15-38(32-42)37-25-23-36(24-26-37)35-13-4-2-5-14-35/h2,4-6,8,10,12-33H,3,7,9,11H2,1H3/q+1/b30-29?,34-31+,40-29+,40-31?,43-34?. The van der Waals surface area contributed by atoms with Crippen molar-refractivity contribution in [3.8, 4) is 22.3 Å². The molecule has 2 aliphatic carbocycles. The highest BCUT2D eigenvalue weighted by Gasteiger charge is 2.22. The van der Waals surface area contributed by atoms with Crippen molar-refractivity contribution < 1.29 is 0 Å². The summed E-state index contributed by atoms with van der Waals surface area (Å²) in [5, 5.41) is 4.02. The maximum Gasteiger partial charge on any atom is 0.218 e. The molecule has 0 saturated heterocycles. The van der Waals surface area contributed by atoms with Crippen LogP contribution in [0.2, 0.25) is 0 Å². The van der Waals surface area contributed by atoms with E-state index in [-0.39, 0.29) is 0 Å². The fourth-order valence-electron chi connectivity index (χ4n) is 7.76. The number of hydrogen-bond donors (Lipinski definition) is 0. The van der Waals surface area contributed by atoms with Crippen molar-refractivity contribution >= 4 is 57.5 Å². The molecule has 0 fully saturated rings. The summed E-state index contributed by atoms with van der Waals surface area (Å²) in [4.78, 5) is 0. The quantitative estimate of drug-likeness (QED) is 0.165. The molecule has 50 heavy (non-hydrogen) atoms. The van der Waals surface area contributed by atoms with Crippen LogP contribution in [0.3, 0.4) is 0 Å². The Labute approximate surface area is 294 Å². The van der Waals surface area contributed by atoms with Gasteiger partial charge in [0.05, 0.1) is 5.52 Å². The molecule has 240 valence electrons. The van der Waals surface area contributed by atoms with Crippen molar-refractivity contribution in [1.82, 2.24) is 9.14 Å². The molecule has 0 bridgehead atoms. The van der Waals surface area contributed by atoms with Gasteiger partial charge in [0.15, 0.2) is 6.21 Å². The Morgan fingerprint density at radius 1 is 0.600 bits per heavy atom. The van der Waals surface area contributed by atoms with Gasteiger partial charge >= 0.3 is 0 Å². The van der Waals surface area contributed by atoms with E-state index < -0.39 is 0 Å². The fraction of sp³-hybridized carbons (Fsp3) is 0.104. The molecule has 2 nitrogen and oxygen atoms in total. The molecule has 2 heteroatoms. The van der Waals surface area contributed by atoms with Crippen LogP contribution in [-0.4, -0.2) is 10.8 Å². The molecule has 0 amide bonds. The van der Waals surface area contributed by atoms with Crippen LogP contribution in [0.4, 0.5) is 11.4 Å². The van der Waals surface area contributed by atoms with Gasteiger partial charge in [0.25, 0.3) is 0 Å². The number of hydrogen-bond acceptors (Lipinski definition) is 0. The summed E-state index contributed by atoms with van der Waals surface area (Å²) in [6.45, 7) is 2.24. The van der Waals surface area contributed by atoms with Gasteiger partial charge in [0.2, 0.25) is 11.4 Å². The third-order valence-corrected chi connectivity index (χ3v) is 10.3. The van der Waals surface area contributed by atoms with E-state index in [2.05, 4.69) is 186 Å². The van der Waals surface area contributed by atoms with Crippen LogP contribution in [0.15, 0.2) is 152 Å². The summed E-state index contributed by atoms with van der Waals surface area (Å²) < 4.78 is 4.81. The lowest BCUT2D eigenvalue weighted by molar-refractivity contribution is 0.990. The Kier molecular flexibility index (Phi) is 7.70. The lowest BCUT2D eigenvalue weighted by atomic mass is 9.96. The summed E-state index contributed by atoms with van der Waals surface area (Å²) >= 11 is 0. The molecule has 0 unspecified atom stereocenters. The summed E-state index contributed by atoms with van der Waals surface area (Å²) in [7, 11) is 0. The van der Waals surface area contributed by atoms with E-state index in [1.165, 1.54) is 77.4 Å². The Balaban J connectivity index is 1.15. The first-order valence-corrected chi connectivity index (χ1v) is 17.8. The van der Waals surface area contributed by atoms with E-state index in [4.69, 9.17) is 0 Å². The highest BCUT2D eigenvalue weighted by Crippen LogP contribution is 2.35. The second kappa shape index (κ2) is 12.8. The van der Waals surface area contributed by atoms with Crippen LogP contribution >= 0.6 is 0 Å². The van der Waals surface area contributed by atoms with Crippen LogP contribution in [0.25, 0.3) is 62.2 Å². The van der Waals surface area contributed by atoms with Gasteiger partial charge in [-0.2, -0.15) is 4.58 Å². The minimum atomic E-state index is 1.09. The molecule has 5 aromatic carbocycles. The number of para-hydroxylation sites is 1. The molecule has 3 aliphatic rings. The molecular formula is C48H39N2+. The van der Waals surface area contributed by atoms with Gasteiger partial charge < -0.3 is 4.57 Å². The smallest absolute Gasteiger partial charge is 0.218 e. The topological polar surface area (TPSA) is 7.94 Å². The largest absolute Gasteiger partial charge is 0.310 e. The normalized spacial score (nSPS) is 17.4. The van der Waals surface area contributed by atoms with E-state index in [1.807, 2.05) is 0 Å². The van der Waals surface area contributed by atoms with Gasteiger partial charge in [0.1, 0.15) is 0 Å². The third kappa shape index (κ3) is 5.44. The zero-order valence-electron chi connectivity index (χ0n) is 28.4. The first kappa shape index (κ1) is 30.1. The van der Waals surface area contributed by atoms with Gasteiger partial charge in [-0.3, -0.25) is 0 Å². The summed E-state index contributed by atoms with van der Waals surface area (Å²) in [5.74, 6) is 0. The Hall–Kier alpha value is -5.99. The van der Waals surface area contributed by atoms with E-state index in [0.717, 1.165) is 31.4 Å². The van der Waals surface area contributed by atoms with E-state index in [9.17, 15) is 0 Å². The molecule has 0 radical (unpaired) electrons. The number of nitrogens with zero attached hydrogens (tertiary/aromatic N) is 2. The summed E-state index contributed by atoms with van der Waals surface area (Å²) in [6.07, 6.45) is 23.1. The molecule has 0 N–H and O–H groups in total. The predicted octanol–water partition coefficient (Wildman–Crippen LogP) is 10.9. The summed E-state index contributed by atoms with van der Waals surface area (Å²) in [5.41, 5.74) is 14.6. The molecular weight excluding hydrogens is 605 g/mol. The van der Waals surface area contributed by atoms with Crippen molar-refractivity contribution in [3.05, 3.63) is 173 Å². The van der Waals surface area contributed by atoms with Crippen molar-refractivity contribution in [2.24, 2.45) is 0 Å². The number of allylic oxidation sites excluding steroid dienone is 8. The van der Waals surface area contributed by atoms with Gasteiger partial charge in [-0.25, -0.2) is 0 Å². The average Bonchev–Trinajstić information content (AvgIpc) is 3.51. The van der Waals surface area contributed by atoms with E-state index in [0.29, 0.717) is 0 Å². The number of rotatable bonds is 5. The van der Waals surface area contributed by atoms with Crippen molar-refractivity contribution in [2.75, 3.05) is 0 Å². The zero-order chi connectivity index (χ0) is 33.4. The SMILES string of the molecule is C/C1=C\C(c2ccc3c(c2)c2c(n3C3=CCCC=C3)=CCCC=2)=C/C=[N+](c2cccc(-c3ccc(-c4ccccc4)cc3)c2)c2ccccc21. The Morgan fingerprint density at radius 3 is 2.16 bits per heavy atom. The molecule has 1 aliphatic heterocycles. The second-order valence-electron chi connectivity index (χ2n) is 13.4. The Morgan fingerprint density at radius 2 is 1.32 bits per heavy atom. The van der Waals surface area contributed by atoms with E-state index in [1.54, 1.807) is 0 Å². The molecule has 0 atom stereocenters. The number of fused-ring (bicyclic) bond motifs is 4. The van der Waals surface area contributed by atoms with Gasteiger partial charge in [-0.1, -0.05) is 115 Å². The second-order valence-corrected chi connectivity index (χ2v) is 13.4. The molecule has 9 rings (SSSR count). The zero-order valence-corrected chi connectivity index (χ0v) is 28.4. The predicted molar refractivity (Wildman–Crippen MR) is 215 cm³/mol. The van der Waals surface area contributed by atoms with Crippen LogP contribution in [0.1, 0.15) is 43.7 Å². The maximum absolute atomic E-state index is 2.47. The van der Waals surface area contributed by atoms with Gasteiger partial charge in [0, 0.05) is 51.5 Å². The monoisotopic (exact) mass is 643 g/mol. The summed E-state index contributed by atoms with van der Waals surface area (Å²) in [6, 6.07) is 44.2. The van der Waals surface area contributed by atoms with Crippen LogP contribution in [-0.2, 0) is 0 Å². The minimum absolute atomic E-state index is 1.09. The molecule has 6 aromatic rings. The van der Waals surface area contributed by atoms with Crippen LogP contribution in [0, 0.1) is 0 Å². The number of aromatic nitrogens is 1. The maximum atomic E-state index is 2.47.